The standard InChI is InChI=1S/C11H10F3NS/c1-15-7-3-5-9-4-2-6-10(8-9)16-11(12,13)14/h2,4,6,8,15H,7H2,1H3. The number of thioether (sulfide) groups is 1. The van der Waals surface area contributed by atoms with Gasteiger partial charge in [0.25, 0.3) is 0 Å². The van der Waals surface area contributed by atoms with E-state index in [1.807, 2.05) is 0 Å². The van der Waals surface area contributed by atoms with Crippen LogP contribution in [-0.2, 0) is 0 Å². The minimum atomic E-state index is -4.25. The van der Waals surface area contributed by atoms with E-state index in [2.05, 4.69) is 17.2 Å². The third kappa shape index (κ3) is 5.10. The van der Waals surface area contributed by atoms with Crippen molar-refractivity contribution in [3.8, 4) is 11.8 Å². The summed E-state index contributed by atoms with van der Waals surface area (Å²) in [4.78, 5) is 0.156. The highest BCUT2D eigenvalue weighted by molar-refractivity contribution is 8.00. The lowest BCUT2D eigenvalue weighted by Gasteiger charge is -2.05. The van der Waals surface area contributed by atoms with Crippen LogP contribution in [0, 0.1) is 11.8 Å². The smallest absolute Gasteiger partial charge is 0.309 e. The minimum absolute atomic E-state index is 0.129. The molecule has 0 bridgehead atoms. The van der Waals surface area contributed by atoms with E-state index >= 15 is 0 Å². The molecule has 1 aromatic carbocycles. The number of alkyl halides is 3. The summed E-state index contributed by atoms with van der Waals surface area (Å²) in [5, 5.41) is 2.83. The van der Waals surface area contributed by atoms with E-state index in [-0.39, 0.29) is 16.7 Å². The lowest BCUT2D eigenvalue weighted by Crippen LogP contribution is -2.04. The van der Waals surface area contributed by atoms with E-state index in [0.717, 1.165) is 0 Å². The molecule has 1 N–H and O–H groups in total. The van der Waals surface area contributed by atoms with Crippen molar-refractivity contribution in [2.75, 3.05) is 13.6 Å². The van der Waals surface area contributed by atoms with Gasteiger partial charge in [-0.1, -0.05) is 17.9 Å². The van der Waals surface area contributed by atoms with Crippen molar-refractivity contribution < 1.29 is 13.2 Å². The summed E-state index contributed by atoms with van der Waals surface area (Å²) >= 11 is -0.129. The van der Waals surface area contributed by atoms with E-state index in [0.29, 0.717) is 12.1 Å². The second-order valence-electron chi connectivity index (χ2n) is 2.91. The van der Waals surface area contributed by atoms with Crippen LogP contribution in [0.3, 0.4) is 0 Å². The van der Waals surface area contributed by atoms with Crippen molar-refractivity contribution in [3.05, 3.63) is 29.8 Å². The van der Waals surface area contributed by atoms with Gasteiger partial charge >= 0.3 is 5.51 Å². The molecule has 0 amide bonds. The molecule has 0 unspecified atom stereocenters. The van der Waals surface area contributed by atoms with Crippen LogP contribution in [0.15, 0.2) is 29.2 Å². The van der Waals surface area contributed by atoms with Crippen LogP contribution in [-0.4, -0.2) is 19.1 Å². The van der Waals surface area contributed by atoms with Gasteiger partial charge in [-0.05, 0) is 37.0 Å². The molecule has 0 fully saturated rings. The number of hydrogen-bond donors (Lipinski definition) is 1. The third-order valence-electron chi connectivity index (χ3n) is 1.57. The lowest BCUT2D eigenvalue weighted by atomic mass is 10.2. The van der Waals surface area contributed by atoms with Crippen LogP contribution in [0.2, 0.25) is 0 Å². The van der Waals surface area contributed by atoms with Gasteiger partial charge in [0.15, 0.2) is 0 Å². The van der Waals surface area contributed by atoms with Gasteiger partial charge in [-0.3, -0.25) is 0 Å². The van der Waals surface area contributed by atoms with Crippen molar-refractivity contribution in [2.45, 2.75) is 10.4 Å². The van der Waals surface area contributed by atoms with Gasteiger partial charge in [-0.25, -0.2) is 0 Å². The predicted molar refractivity (Wildman–Crippen MR) is 59.2 cm³/mol. The van der Waals surface area contributed by atoms with Crippen molar-refractivity contribution in [3.63, 3.8) is 0 Å². The van der Waals surface area contributed by atoms with Crippen LogP contribution in [0.5, 0.6) is 0 Å². The first-order valence-electron chi connectivity index (χ1n) is 4.50. The Hall–Kier alpha value is -1.12. The molecule has 0 saturated carbocycles. The fraction of sp³-hybridized carbons (Fsp3) is 0.273. The number of rotatable bonds is 2. The van der Waals surface area contributed by atoms with Crippen molar-refractivity contribution in [1.29, 1.82) is 0 Å². The maximum atomic E-state index is 12.1. The number of halogens is 3. The maximum Gasteiger partial charge on any atom is 0.446 e. The summed E-state index contributed by atoms with van der Waals surface area (Å²) in [6, 6.07) is 6.10. The molecule has 1 rings (SSSR count). The summed E-state index contributed by atoms with van der Waals surface area (Å²) in [7, 11) is 1.75. The van der Waals surface area contributed by atoms with Crippen molar-refractivity contribution in [2.24, 2.45) is 0 Å². The van der Waals surface area contributed by atoms with Crippen molar-refractivity contribution >= 4 is 11.8 Å². The summed E-state index contributed by atoms with van der Waals surface area (Å²) in [5.74, 6) is 5.57. The second kappa shape index (κ2) is 5.83. The SMILES string of the molecule is CNCC#Cc1cccc(SC(F)(F)F)c1. The minimum Gasteiger partial charge on any atom is -0.309 e. The Morgan fingerprint density at radius 3 is 2.75 bits per heavy atom. The van der Waals surface area contributed by atoms with Crippen LogP contribution < -0.4 is 5.32 Å². The Morgan fingerprint density at radius 1 is 1.38 bits per heavy atom. The third-order valence-corrected chi connectivity index (χ3v) is 2.29. The Morgan fingerprint density at radius 2 is 2.12 bits per heavy atom. The van der Waals surface area contributed by atoms with Crippen LogP contribution in [0.1, 0.15) is 5.56 Å². The van der Waals surface area contributed by atoms with Crippen LogP contribution in [0.25, 0.3) is 0 Å². The summed E-state index contributed by atoms with van der Waals surface area (Å²) < 4.78 is 36.3. The molecular formula is C11H10F3NS. The van der Waals surface area contributed by atoms with Gasteiger partial charge in [0.05, 0.1) is 6.54 Å². The molecule has 0 aliphatic heterocycles. The molecule has 86 valence electrons. The van der Waals surface area contributed by atoms with E-state index < -0.39 is 5.51 Å². The Balaban J connectivity index is 2.76. The number of nitrogens with one attached hydrogen (secondary N) is 1. The molecule has 0 spiro atoms. The van der Waals surface area contributed by atoms with E-state index in [1.165, 1.54) is 12.1 Å². The van der Waals surface area contributed by atoms with E-state index in [1.54, 1.807) is 19.2 Å². The first-order chi connectivity index (χ1) is 7.51. The Labute approximate surface area is 96.4 Å². The first-order valence-corrected chi connectivity index (χ1v) is 5.32. The van der Waals surface area contributed by atoms with Gasteiger partial charge in [0, 0.05) is 10.5 Å². The second-order valence-corrected chi connectivity index (χ2v) is 4.05. The topological polar surface area (TPSA) is 12.0 Å². The molecule has 1 aromatic rings. The highest BCUT2D eigenvalue weighted by Crippen LogP contribution is 2.36. The zero-order chi connectivity index (χ0) is 12.0. The molecule has 0 atom stereocenters. The molecule has 0 heterocycles. The fourth-order valence-corrected chi connectivity index (χ4v) is 1.61. The predicted octanol–water partition coefficient (Wildman–Crippen LogP) is 2.87. The lowest BCUT2D eigenvalue weighted by molar-refractivity contribution is -0.0328. The summed E-state index contributed by atoms with van der Waals surface area (Å²) in [6.07, 6.45) is 0. The molecule has 5 heteroatoms. The van der Waals surface area contributed by atoms with Gasteiger partial charge in [0.1, 0.15) is 0 Å². The molecule has 0 aliphatic rings. The average molecular weight is 245 g/mol. The fourth-order valence-electron chi connectivity index (χ4n) is 1.01. The molecule has 1 nitrogen and oxygen atoms in total. The highest BCUT2D eigenvalue weighted by atomic mass is 32.2. The van der Waals surface area contributed by atoms with Gasteiger partial charge in [-0.15, -0.1) is 0 Å². The molecular weight excluding hydrogens is 235 g/mol. The van der Waals surface area contributed by atoms with Gasteiger partial charge < -0.3 is 5.32 Å². The van der Waals surface area contributed by atoms with E-state index in [9.17, 15) is 13.2 Å². The Bertz CT molecular complexity index is 404. The van der Waals surface area contributed by atoms with Gasteiger partial charge in [-0.2, -0.15) is 13.2 Å². The van der Waals surface area contributed by atoms with E-state index in [4.69, 9.17) is 0 Å². The quantitative estimate of drug-likeness (QED) is 0.635. The zero-order valence-corrected chi connectivity index (χ0v) is 9.38. The maximum absolute atomic E-state index is 12.1. The molecule has 0 aliphatic carbocycles. The molecule has 0 radical (unpaired) electrons. The molecule has 0 aromatic heterocycles. The summed E-state index contributed by atoms with van der Waals surface area (Å²) in [6.45, 7) is 0.511. The Kier molecular flexibility index (Phi) is 4.71. The first kappa shape index (κ1) is 12.9. The van der Waals surface area contributed by atoms with Crippen molar-refractivity contribution in [1.82, 2.24) is 5.32 Å². The van der Waals surface area contributed by atoms with Crippen LogP contribution in [0.4, 0.5) is 13.2 Å². The van der Waals surface area contributed by atoms with Crippen LogP contribution >= 0.6 is 11.8 Å². The molecule has 16 heavy (non-hydrogen) atoms. The number of hydrogen-bond acceptors (Lipinski definition) is 2. The highest BCUT2D eigenvalue weighted by Gasteiger charge is 2.29. The summed E-state index contributed by atoms with van der Waals surface area (Å²) in [5.41, 5.74) is -3.67. The zero-order valence-electron chi connectivity index (χ0n) is 8.56. The molecule has 0 saturated heterocycles. The monoisotopic (exact) mass is 245 g/mol. The number of benzene rings is 1. The average Bonchev–Trinajstić information content (AvgIpc) is 2.16. The van der Waals surface area contributed by atoms with Gasteiger partial charge in [0.2, 0.25) is 0 Å². The normalized spacial score (nSPS) is 10.8. The largest absolute Gasteiger partial charge is 0.446 e.